The van der Waals surface area contributed by atoms with E-state index in [-0.39, 0.29) is 22.6 Å². The molecule has 0 bridgehead atoms. The highest BCUT2D eigenvalue weighted by Gasteiger charge is 2.36. The summed E-state index contributed by atoms with van der Waals surface area (Å²) in [6.07, 6.45) is 5.73. The maximum Gasteiger partial charge on any atom is 0.198 e. The number of allylic oxidation sites excluding steroid dienone is 5. The van der Waals surface area contributed by atoms with Crippen molar-refractivity contribution >= 4 is 17.1 Å². The van der Waals surface area contributed by atoms with E-state index >= 15 is 0 Å². The highest BCUT2D eigenvalue weighted by Crippen LogP contribution is 2.40. The van der Waals surface area contributed by atoms with E-state index in [0.717, 1.165) is 5.56 Å². The number of carbonyl (C=O) groups is 2. The minimum atomic E-state index is -0.224. The lowest BCUT2D eigenvalue weighted by molar-refractivity contribution is 0.0990. The SMILES string of the molecule is CC(C)(C)/C=C/C1=CC(=C2C(=O)c3ccccc3C2=O)c2ccccc2O1. The number of hydrogen-bond acceptors (Lipinski definition) is 3. The van der Waals surface area contributed by atoms with Crippen LogP contribution in [-0.4, -0.2) is 11.6 Å². The summed E-state index contributed by atoms with van der Waals surface area (Å²) < 4.78 is 5.98. The first-order valence-electron chi connectivity index (χ1n) is 8.96. The van der Waals surface area contributed by atoms with E-state index in [4.69, 9.17) is 4.74 Å². The van der Waals surface area contributed by atoms with E-state index < -0.39 is 0 Å². The number of para-hydroxylation sites is 1. The minimum Gasteiger partial charge on any atom is -0.457 e. The van der Waals surface area contributed by atoms with Gasteiger partial charge in [0.15, 0.2) is 11.6 Å². The molecule has 0 radical (unpaired) electrons. The summed E-state index contributed by atoms with van der Waals surface area (Å²) >= 11 is 0. The van der Waals surface area contributed by atoms with E-state index in [1.165, 1.54) is 0 Å². The smallest absolute Gasteiger partial charge is 0.198 e. The Bertz CT molecular complexity index is 1020. The first-order valence-corrected chi connectivity index (χ1v) is 8.96. The molecule has 1 aliphatic carbocycles. The van der Waals surface area contributed by atoms with Crippen molar-refractivity contribution in [3.05, 3.63) is 94.8 Å². The molecule has 3 heteroatoms. The van der Waals surface area contributed by atoms with Gasteiger partial charge in [-0.1, -0.05) is 69.3 Å². The lowest BCUT2D eigenvalue weighted by Crippen LogP contribution is -2.10. The fourth-order valence-electron chi connectivity index (χ4n) is 3.27. The van der Waals surface area contributed by atoms with Crippen LogP contribution >= 0.6 is 0 Å². The molecule has 4 rings (SSSR count). The van der Waals surface area contributed by atoms with E-state index in [0.29, 0.717) is 28.2 Å². The number of ether oxygens (including phenoxy) is 1. The first kappa shape index (κ1) is 17.2. The van der Waals surface area contributed by atoms with Crippen LogP contribution in [0.4, 0.5) is 0 Å². The van der Waals surface area contributed by atoms with Crippen molar-refractivity contribution in [2.75, 3.05) is 0 Å². The Labute approximate surface area is 158 Å². The number of benzene rings is 2. The molecule has 27 heavy (non-hydrogen) atoms. The normalized spacial score (nSPS) is 16.3. The van der Waals surface area contributed by atoms with Crippen LogP contribution < -0.4 is 4.74 Å². The van der Waals surface area contributed by atoms with Gasteiger partial charge in [0.25, 0.3) is 0 Å². The molecular formula is C24H20O3. The molecule has 0 fully saturated rings. The Balaban J connectivity index is 1.91. The van der Waals surface area contributed by atoms with Gasteiger partial charge in [-0.25, -0.2) is 0 Å². The molecule has 2 aromatic carbocycles. The van der Waals surface area contributed by atoms with Gasteiger partial charge >= 0.3 is 0 Å². The Morgan fingerprint density at radius 2 is 1.37 bits per heavy atom. The summed E-state index contributed by atoms with van der Waals surface area (Å²) in [5.41, 5.74) is 2.52. The molecular weight excluding hydrogens is 336 g/mol. The lowest BCUT2D eigenvalue weighted by Gasteiger charge is -2.20. The Kier molecular flexibility index (Phi) is 3.96. The van der Waals surface area contributed by atoms with Crippen molar-refractivity contribution in [3.8, 4) is 5.75 Å². The van der Waals surface area contributed by atoms with Crippen molar-refractivity contribution in [2.45, 2.75) is 20.8 Å². The second-order valence-corrected chi connectivity index (χ2v) is 7.84. The molecule has 0 atom stereocenters. The van der Waals surface area contributed by atoms with Gasteiger partial charge in [0.05, 0.1) is 5.57 Å². The molecule has 0 amide bonds. The molecule has 0 saturated heterocycles. The van der Waals surface area contributed by atoms with Crippen LogP contribution in [0, 0.1) is 5.41 Å². The highest BCUT2D eigenvalue weighted by atomic mass is 16.5. The number of Topliss-reactive ketones (excluding diaryl/α,β-unsaturated/α-hetero) is 2. The second kappa shape index (κ2) is 6.20. The Hall–Kier alpha value is -3.20. The topological polar surface area (TPSA) is 43.4 Å². The average molecular weight is 356 g/mol. The molecule has 0 spiro atoms. The zero-order valence-electron chi connectivity index (χ0n) is 15.6. The molecule has 3 nitrogen and oxygen atoms in total. The van der Waals surface area contributed by atoms with Gasteiger partial charge in [0.1, 0.15) is 11.5 Å². The summed E-state index contributed by atoms with van der Waals surface area (Å²) in [6, 6.07) is 14.5. The van der Waals surface area contributed by atoms with Crippen molar-refractivity contribution in [2.24, 2.45) is 5.41 Å². The molecule has 0 aromatic heterocycles. The van der Waals surface area contributed by atoms with E-state index in [9.17, 15) is 9.59 Å². The molecule has 2 aliphatic rings. The zero-order valence-corrected chi connectivity index (χ0v) is 15.6. The van der Waals surface area contributed by atoms with Crippen LogP contribution in [0.5, 0.6) is 5.75 Å². The second-order valence-electron chi connectivity index (χ2n) is 7.84. The fourth-order valence-corrected chi connectivity index (χ4v) is 3.27. The first-order chi connectivity index (χ1) is 12.8. The maximum absolute atomic E-state index is 13.0. The van der Waals surface area contributed by atoms with Gasteiger partial charge in [0.2, 0.25) is 0 Å². The maximum atomic E-state index is 13.0. The summed E-state index contributed by atoms with van der Waals surface area (Å²) in [6.45, 7) is 6.29. The quantitative estimate of drug-likeness (QED) is 0.508. The standard InChI is InChI=1S/C24H20O3/c1-24(2,3)13-12-15-14-19(16-8-6-7-11-20(16)27-15)21-22(25)17-9-4-5-10-18(17)23(21)26/h4-14H,1-3H3/b13-12+. The molecule has 0 N–H and O–H groups in total. The van der Waals surface area contributed by atoms with Gasteiger partial charge < -0.3 is 4.74 Å². The number of fused-ring (bicyclic) bond motifs is 2. The van der Waals surface area contributed by atoms with Crippen LogP contribution in [0.2, 0.25) is 0 Å². The Morgan fingerprint density at radius 1 is 0.815 bits per heavy atom. The van der Waals surface area contributed by atoms with Crippen molar-refractivity contribution in [3.63, 3.8) is 0 Å². The van der Waals surface area contributed by atoms with E-state index in [1.807, 2.05) is 36.4 Å². The van der Waals surface area contributed by atoms with Gasteiger partial charge in [0, 0.05) is 22.3 Å². The molecule has 0 saturated carbocycles. The van der Waals surface area contributed by atoms with Gasteiger partial charge in [-0.3, -0.25) is 9.59 Å². The highest BCUT2D eigenvalue weighted by molar-refractivity contribution is 6.43. The third-order valence-corrected chi connectivity index (χ3v) is 4.58. The van der Waals surface area contributed by atoms with Gasteiger partial charge in [-0.05, 0) is 23.6 Å². The largest absolute Gasteiger partial charge is 0.457 e. The monoisotopic (exact) mass is 356 g/mol. The summed E-state index contributed by atoms with van der Waals surface area (Å²) in [4.78, 5) is 25.9. The summed E-state index contributed by atoms with van der Waals surface area (Å²) in [5.74, 6) is 0.811. The predicted octanol–water partition coefficient (Wildman–Crippen LogP) is 5.40. The van der Waals surface area contributed by atoms with E-state index in [2.05, 4.69) is 20.8 Å². The molecule has 0 unspecified atom stereocenters. The van der Waals surface area contributed by atoms with Crippen LogP contribution in [-0.2, 0) is 0 Å². The average Bonchev–Trinajstić information content (AvgIpc) is 2.90. The number of ketones is 2. The van der Waals surface area contributed by atoms with Crippen molar-refractivity contribution < 1.29 is 14.3 Å². The molecule has 1 heterocycles. The van der Waals surface area contributed by atoms with Crippen LogP contribution in [0.3, 0.4) is 0 Å². The lowest BCUT2D eigenvalue weighted by atomic mass is 9.92. The third kappa shape index (κ3) is 3.06. The molecule has 2 aromatic rings. The van der Waals surface area contributed by atoms with Crippen LogP contribution in [0.25, 0.3) is 5.57 Å². The summed E-state index contributed by atoms with van der Waals surface area (Å²) in [5, 5.41) is 0. The minimum absolute atomic E-state index is 0.0102. The van der Waals surface area contributed by atoms with Gasteiger partial charge in [-0.2, -0.15) is 0 Å². The molecule has 1 aliphatic heterocycles. The van der Waals surface area contributed by atoms with Crippen molar-refractivity contribution in [1.29, 1.82) is 0 Å². The summed E-state index contributed by atoms with van der Waals surface area (Å²) in [7, 11) is 0. The van der Waals surface area contributed by atoms with Crippen molar-refractivity contribution in [1.82, 2.24) is 0 Å². The predicted molar refractivity (Wildman–Crippen MR) is 106 cm³/mol. The Morgan fingerprint density at radius 3 is 1.96 bits per heavy atom. The van der Waals surface area contributed by atoms with Crippen LogP contribution in [0.15, 0.2) is 78.1 Å². The zero-order chi connectivity index (χ0) is 19.2. The third-order valence-electron chi connectivity index (χ3n) is 4.58. The number of carbonyl (C=O) groups excluding carboxylic acids is 2. The van der Waals surface area contributed by atoms with Crippen LogP contribution in [0.1, 0.15) is 47.1 Å². The number of rotatable bonds is 1. The molecule has 134 valence electrons. The fraction of sp³-hybridized carbons (Fsp3) is 0.167. The van der Waals surface area contributed by atoms with Gasteiger partial charge in [-0.15, -0.1) is 0 Å². The van der Waals surface area contributed by atoms with E-state index in [1.54, 1.807) is 30.3 Å². The number of hydrogen-bond donors (Lipinski definition) is 0.